The Hall–Kier alpha value is -2.38. The molecule has 3 rings (SSSR count). The summed E-state index contributed by atoms with van der Waals surface area (Å²) in [6, 6.07) is 12.4. The van der Waals surface area contributed by atoms with Gasteiger partial charge in [0, 0.05) is 13.0 Å². The summed E-state index contributed by atoms with van der Waals surface area (Å²) in [7, 11) is -2.22. The fourth-order valence-electron chi connectivity index (χ4n) is 2.39. The van der Waals surface area contributed by atoms with E-state index in [0.717, 1.165) is 11.1 Å². The number of para-hydroxylation sites is 2. The number of fused-ring (bicyclic) bond motifs is 1. The summed E-state index contributed by atoms with van der Waals surface area (Å²) >= 11 is 0. The molecular formula is C17H18N2O4S. The van der Waals surface area contributed by atoms with E-state index in [4.69, 9.17) is 9.15 Å². The number of sulfonamides is 1. The lowest BCUT2D eigenvalue weighted by atomic mass is 10.2. The number of hydrogen-bond donors (Lipinski definition) is 1. The second-order valence-electron chi connectivity index (χ2n) is 5.38. The van der Waals surface area contributed by atoms with E-state index in [9.17, 15) is 8.42 Å². The molecule has 0 aliphatic carbocycles. The van der Waals surface area contributed by atoms with Crippen molar-refractivity contribution < 1.29 is 17.6 Å². The monoisotopic (exact) mass is 346 g/mol. The van der Waals surface area contributed by atoms with Gasteiger partial charge in [-0.2, -0.15) is 0 Å². The summed E-state index contributed by atoms with van der Waals surface area (Å²) in [5.41, 5.74) is 2.29. The van der Waals surface area contributed by atoms with Gasteiger partial charge in [-0.25, -0.2) is 18.1 Å². The number of aromatic nitrogens is 1. The highest BCUT2D eigenvalue weighted by atomic mass is 32.2. The first-order valence-corrected chi connectivity index (χ1v) is 8.97. The highest BCUT2D eigenvalue weighted by Gasteiger charge is 2.19. The maximum atomic E-state index is 12.5. The van der Waals surface area contributed by atoms with Gasteiger partial charge >= 0.3 is 0 Å². The fraction of sp³-hybridized carbons (Fsp3) is 0.235. The Labute approximate surface area is 140 Å². The molecule has 1 heterocycles. The summed E-state index contributed by atoms with van der Waals surface area (Å²) in [4.78, 5) is 4.45. The van der Waals surface area contributed by atoms with Crippen LogP contribution in [0.15, 0.2) is 51.8 Å². The molecule has 0 saturated heterocycles. The van der Waals surface area contributed by atoms with E-state index >= 15 is 0 Å². The number of oxazole rings is 1. The number of methoxy groups -OCH3 is 1. The fourth-order valence-corrected chi connectivity index (χ4v) is 3.67. The van der Waals surface area contributed by atoms with Crippen molar-refractivity contribution in [3.05, 3.63) is 53.9 Å². The van der Waals surface area contributed by atoms with Gasteiger partial charge in [0.05, 0.1) is 7.11 Å². The minimum atomic E-state index is -3.67. The molecule has 0 bridgehead atoms. The minimum absolute atomic E-state index is 0.127. The third kappa shape index (κ3) is 3.42. The van der Waals surface area contributed by atoms with E-state index < -0.39 is 10.0 Å². The smallest absolute Gasteiger partial charge is 0.244 e. The number of benzene rings is 2. The molecule has 2 aromatic carbocycles. The van der Waals surface area contributed by atoms with Gasteiger partial charge in [-0.1, -0.05) is 18.2 Å². The van der Waals surface area contributed by atoms with Crippen LogP contribution in [0.4, 0.5) is 0 Å². The van der Waals surface area contributed by atoms with Crippen LogP contribution in [0.25, 0.3) is 11.1 Å². The van der Waals surface area contributed by atoms with Crippen molar-refractivity contribution in [1.82, 2.24) is 9.71 Å². The number of ether oxygens (including phenoxy) is 1. The molecule has 1 aromatic heterocycles. The van der Waals surface area contributed by atoms with Gasteiger partial charge in [-0.15, -0.1) is 0 Å². The quantitative estimate of drug-likeness (QED) is 0.742. The van der Waals surface area contributed by atoms with E-state index in [1.54, 1.807) is 18.2 Å². The number of hydrogen-bond acceptors (Lipinski definition) is 5. The molecule has 24 heavy (non-hydrogen) atoms. The maximum Gasteiger partial charge on any atom is 0.244 e. The van der Waals surface area contributed by atoms with Gasteiger partial charge in [-0.3, -0.25) is 0 Å². The molecule has 1 N–H and O–H groups in total. The summed E-state index contributed by atoms with van der Waals surface area (Å²) in [6.07, 6.45) is 0.363. The van der Waals surface area contributed by atoms with Crippen LogP contribution >= 0.6 is 0 Å². The van der Waals surface area contributed by atoms with Gasteiger partial charge in [0.25, 0.3) is 0 Å². The van der Waals surface area contributed by atoms with Crippen molar-refractivity contribution in [1.29, 1.82) is 0 Å². The molecule has 0 atom stereocenters. The Balaban J connectivity index is 1.72. The predicted octanol–water partition coefficient (Wildman–Crippen LogP) is 2.67. The summed E-state index contributed by atoms with van der Waals surface area (Å²) in [5.74, 6) is 0.810. The Morgan fingerprint density at radius 2 is 2.00 bits per heavy atom. The van der Waals surface area contributed by atoms with E-state index in [1.807, 2.05) is 31.2 Å². The lowest BCUT2D eigenvalue weighted by Gasteiger charge is -2.11. The third-order valence-corrected chi connectivity index (χ3v) is 5.06. The average Bonchev–Trinajstić information content (AvgIpc) is 2.97. The summed E-state index contributed by atoms with van der Waals surface area (Å²) < 4.78 is 38.3. The van der Waals surface area contributed by atoms with Gasteiger partial charge in [0.1, 0.15) is 16.2 Å². The van der Waals surface area contributed by atoms with Crippen molar-refractivity contribution in [2.75, 3.05) is 13.7 Å². The predicted molar refractivity (Wildman–Crippen MR) is 90.6 cm³/mol. The SMILES string of the molecule is COc1ccc(C)cc1S(=O)(=O)NCCc1nc2ccccc2o1. The highest BCUT2D eigenvalue weighted by molar-refractivity contribution is 7.89. The third-order valence-electron chi connectivity index (χ3n) is 3.58. The van der Waals surface area contributed by atoms with Crippen LogP contribution in [0.5, 0.6) is 5.75 Å². The highest BCUT2D eigenvalue weighted by Crippen LogP contribution is 2.24. The standard InChI is InChI=1S/C17H18N2O4S/c1-12-7-8-15(22-2)16(11-12)24(20,21)18-10-9-17-19-13-5-3-4-6-14(13)23-17/h3-8,11,18H,9-10H2,1-2H3. The largest absolute Gasteiger partial charge is 0.495 e. The molecule has 0 aliphatic heterocycles. The maximum absolute atomic E-state index is 12.5. The van der Waals surface area contributed by atoms with E-state index in [2.05, 4.69) is 9.71 Å². The molecule has 3 aromatic rings. The van der Waals surface area contributed by atoms with Gasteiger partial charge < -0.3 is 9.15 Å². The number of aryl methyl sites for hydroxylation is 1. The molecule has 0 unspecified atom stereocenters. The zero-order valence-corrected chi connectivity index (χ0v) is 14.3. The van der Waals surface area contributed by atoms with Crippen molar-refractivity contribution >= 4 is 21.1 Å². The Bertz CT molecular complexity index is 931. The molecule has 0 saturated carbocycles. The van der Waals surface area contributed by atoms with Crippen LogP contribution in [0.1, 0.15) is 11.5 Å². The van der Waals surface area contributed by atoms with E-state index in [1.165, 1.54) is 7.11 Å². The van der Waals surface area contributed by atoms with Gasteiger partial charge in [0.15, 0.2) is 11.5 Å². The van der Waals surface area contributed by atoms with Crippen LogP contribution in [-0.2, 0) is 16.4 Å². The molecule has 0 spiro atoms. The Morgan fingerprint density at radius 3 is 2.75 bits per heavy atom. The molecule has 126 valence electrons. The Kier molecular flexibility index (Phi) is 4.55. The first-order valence-electron chi connectivity index (χ1n) is 7.48. The van der Waals surface area contributed by atoms with Crippen molar-refractivity contribution in [3.63, 3.8) is 0 Å². The first kappa shape index (κ1) is 16.5. The number of nitrogens with zero attached hydrogens (tertiary/aromatic N) is 1. The Morgan fingerprint density at radius 1 is 1.21 bits per heavy atom. The topological polar surface area (TPSA) is 81.4 Å². The van der Waals surface area contributed by atoms with Crippen LogP contribution in [-0.4, -0.2) is 27.1 Å². The second-order valence-corrected chi connectivity index (χ2v) is 7.11. The lowest BCUT2D eigenvalue weighted by Crippen LogP contribution is -2.26. The van der Waals surface area contributed by atoms with E-state index in [0.29, 0.717) is 23.6 Å². The van der Waals surface area contributed by atoms with Gasteiger partial charge in [0.2, 0.25) is 10.0 Å². The van der Waals surface area contributed by atoms with Crippen LogP contribution < -0.4 is 9.46 Å². The zero-order chi connectivity index (χ0) is 17.2. The summed E-state index contributed by atoms with van der Waals surface area (Å²) in [5, 5.41) is 0. The molecule has 0 fully saturated rings. The van der Waals surface area contributed by atoms with Crippen LogP contribution in [0, 0.1) is 6.92 Å². The number of rotatable bonds is 6. The second kappa shape index (κ2) is 6.62. The zero-order valence-electron chi connectivity index (χ0n) is 13.4. The van der Waals surface area contributed by atoms with Crippen molar-refractivity contribution in [3.8, 4) is 5.75 Å². The average molecular weight is 346 g/mol. The number of nitrogens with one attached hydrogen (secondary N) is 1. The van der Waals surface area contributed by atoms with Crippen LogP contribution in [0.2, 0.25) is 0 Å². The molecule has 0 radical (unpaired) electrons. The lowest BCUT2D eigenvalue weighted by molar-refractivity contribution is 0.402. The van der Waals surface area contributed by atoms with Gasteiger partial charge in [-0.05, 0) is 36.8 Å². The van der Waals surface area contributed by atoms with Crippen LogP contribution in [0.3, 0.4) is 0 Å². The molecule has 0 aliphatic rings. The normalized spacial score (nSPS) is 11.8. The minimum Gasteiger partial charge on any atom is -0.495 e. The van der Waals surface area contributed by atoms with E-state index in [-0.39, 0.29) is 11.4 Å². The van der Waals surface area contributed by atoms with Crippen molar-refractivity contribution in [2.45, 2.75) is 18.2 Å². The molecule has 7 heteroatoms. The molecule has 6 nitrogen and oxygen atoms in total. The summed E-state index contributed by atoms with van der Waals surface area (Å²) in [6.45, 7) is 2.02. The van der Waals surface area contributed by atoms with Crippen molar-refractivity contribution in [2.24, 2.45) is 0 Å². The molecule has 0 amide bonds. The first-order chi connectivity index (χ1) is 11.5. The molecular weight excluding hydrogens is 328 g/mol.